The quantitative estimate of drug-likeness (QED) is 0.244. The molecular formula is C34H31BNO2. The highest BCUT2D eigenvalue weighted by Crippen LogP contribution is 2.37. The highest BCUT2D eigenvalue weighted by Gasteiger charge is 2.35. The molecule has 6 rings (SSSR count). The van der Waals surface area contributed by atoms with Gasteiger partial charge in [0.1, 0.15) is 0 Å². The van der Waals surface area contributed by atoms with Crippen molar-refractivity contribution in [1.82, 2.24) is 4.57 Å². The summed E-state index contributed by atoms with van der Waals surface area (Å²) in [6.45, 7) is 7.35. The molecule has 1 aromatic heterocycles. The van der Waals surface area contributed by atoms with Crippen molar-refractivity contribution in [3.05, 3.63) is 109 Å². The first-order chi connectivity index (χ1) is 18.2. The molecule has 1 N–H and O–H groups in total. The number of hydrogen-bond acceptors (Lipinski definition) is 2. The van der Waals surface area contributed by atoms with Crippen molar-refractivity contribution in [3.8, 4) is 16.8 Å². The van der Waals surface area contributed by atoms with E-state index in [1.165, 1.54) is 38.2 Å². The first-order valence-electron chi connectivity index (χ1n) is 13.1. The Hall–Kier alpha value is -3.86. The summed E-state index contributed by atoms with van der Waals surface area (Å²) in [4.78, 5) is 0. The molecule has 38 heavy (non-hydrogen) atoms. The van der Waals surface area contributed by atoms with Crippen molar-refractivity contribution in [2.24, 2.45) is 0 Å². The molecular weight excluding hydrogens is 465 g/mol. The van der Waals surface area contributed by atoms with Crippen LogP contribution >= 0.6 is 0 Å². The van der Waals surface area contributed by atoms with E-state index in [-0.39, 0.29) is 0 Å². The number of aromatic nitrogens is 1. The molecule has 6 aromatic rings. The molecule has 0 unspecified atom stereocenters. The molecule has 0 aliphatic carbocycles. The standard InChI is InChI=1S/C34H31BNO2/c1-33(2,37)34(3,4)38-35-26-17-21-30-29(22-26)32-28-13-9-8-12-25(28)16-20-31(32)36(30)27-18-14-24(15-19-27)23-10-6-5-7-11-23/h5-22,37H,1-4H3. The molecule has 5 aromatic carbocycles. The van der Waals surface area contributed by atoms with Crippen LogP contribution in [0.25, 0.3) is 49.4 Å². The summed E-state index contributed by atoms with van der Waals surface area (Å²) in [5.41, 5.74) is 5.08. The maximum atomic E-state index is 10.5. The Morgan fingerprint density at radius 1 is 0.658 bits per heavy atom. The second-order valence-corrected chi connectivity index (χ2v) is 11.0. The Morgan fingerprint density at radius 3 is 2.05 bits per heavy atom. The van der Waals surface area contributed by atoms with Crippen LogP contribution in [0, 0.1) is 0 Å². The molecule has 3 nitrogen and oxygen atoms in total. The Balaban J connectivity index is 1.51. The van der Waals surface area contributed by atoms with E-state index in [0.717, 1.165) is 16.7 Å². The molecule has 187 valence electrons. The monoisotopic (exact) mass is 496 g/mol. The molecule has 0 atom stereocenters. The number of aliphatic hydroxyl groups is 1. The molecule has 0 saturated carbocycles. The third-order valence-corrected chi connectivity index (χ3v) is 7.87. The Labute approximate surface area is 224 Å². The summed E-state index contributed by atoms with van der Waals surface area (Å²) in [5, 5.41) is 15.4. The molecule has 0 spiro atoms. The maximum absolute atomic E-state index is 10.5. The zero-order valence-electron chi connectivity index (χ0n) is 22.3. The van der Waals surface area contributed by atoms with E-state index in [4.69, 9.17) is 4.65 Å². The fraction of sp³-hybridized carbons (Fsp3) is 0.176. The van der Waals surface area contributed by atoms with Crippen LogP contribution in [0.2, 0.25) is 0 Å². The highest BCUT2D eigenvalue weighted by molar-refractivity contribution is 6.48. The van der Waals surface area contributed by atoms with E-state index in [9.17, 15) is 5.11 Å². The lowest BCUT2D eigenvalue weighted by molar-refractivity contribution is -0.0893. The summed E-state index contributed by atoms with van der Waals surface area (Å²) < 4.78 is 8.44. The van der Waals surface area contributed by atoms with Crippen LogP contribution in [0.3, 0.4) is 0 Å². The van der Waals surface area contributed by atoms with Gasteiger partial charge in [-0.3, -0.25) is 0 Å². The molecule has 0 aliphatic rings. The van der Waals surface area contributed by atoms with Gasteiger partial charge >= 0.3 is 7.48 Å². The number of benzene rings is 5. The molecule has 0 saturated heterocycles. The molecule has 0 fully saturated rings. The van der Waals surface area contributed by atoms with E-state index in [1.54, 1.807) is 21.3 Å². The summed E-state index contributed by atoms with van der Waals surface area (Å²) in [6.07, 6.45) is 0. The lowest BCUT2D eigenvalue weighted by Gasteiger charge is -2.37. The van der Waals surface area contributed by atoms with Crippen molar-refractivity contribution in [2.75, 3.05) is 0 Å². The second kappa shape index (κ2) is 9.16. The minimum atomic E-state index is -0.980. The van der Waals surface area contributed by atoms with Crippen molar-refractivity contribution >= 4 is 45.5 Å². The molecule has 4 heteroatoms. The number of hydrogen-bond donors (Lipinski definition) is 1. The van der Waals surface area contributed by atoms with Gasteiger partial charge in [0.25, 0.3) is 0 Å². The highest BCUT2D eigenvalue weighted by atomic mass is 16.5. The molecule has 1 radical (unpaired) electrons. The van der Waals surface area contributed by atoms with Crippen molar-refractivity contribution in [1.29, 1.82) is 0 Å². The van der Waals surface area contributed by atoms with Crippen LogP contribution < -0.4 is 5.46 Å². The third-order valence-electron chi connectivity index (χ3n) is 7.87. The largest absolute Gasteiger partial charge is 0.427 e. The number of rotatable bonds is 6. The minimum absolute atomic E-state index is 0.733. The predicted octanol–water partition coefficient (Wildman–Crippen LogP) is 7.41. The second-order valence-electron chi connectivity index (χ2n) is 11.0. The van der Waals surface area contributed by atoms with E-state index in [1.807, 2.05) is 19.9 Å². The Bertz CT molecular complexity index is 1760. The van der Waals surface area contributed by atoms with Gasteiger partial charge in [-0.25, -0.2) is 0 Å². The van der Waals surface area contributed by atoms with Crippen LogP contribution in [0.5, 0.6) is 0 Å². The van der Waals surface area contributed by atoms with Crippen LogP contribution in [0.4, 0.5) is 0 Å². The zero-order valence-corrected chi connectivity index (χ0v) is 22.3. The van der Waals surface area contributed by atoms with Gasteiger partial charge < -0.3 is 14.3 Å². The van der Waals surface area contributed by atoms with Gasteiger partial charge in [-0.2, -0.15) is 0 Å². The van der Waals surface area contributed by atoms with Gasteiger partial charge in [0.15, 0.2) is 0 Å². The van der Waals surface area contributed by atoms with Gasteiger partial charge in [-0.1, -0.05) is 90.4 Å². The van der Waals surface area contributed by atoms with Crippen molar-refractivity contribution < 1.29 is 9.76 Å². The van der Waals surface area contributed by atoms with E-state index < -0.39 is 11.2 Å². The van der Waals surface area contributed by atoms with Crippen LogP contribution in [0.15, 0.2) is 109 Å². The van der Waals surface area contributed by atoms with Gasteiger partial charge in [0.2, 0.25) is 0 Å². The SMILES string of the molecule is CC(C)(O)C(C)(C)O[B]c1ccc2c(c1)c1c3ccccc3ccc1n2-c1ccc(-c2ccccc2)cc1. The lowest BCUT2D eigenvalue weighted by Crippen LogP contribution is -2.49. The predicted molar refractivity (Wildman–Crippen MR) is 161 cm³/mol. The normalized spacial score (nSPS) is 12.4. The smallest absolute Gasteiger partial charge is 0.330 e. The molecule has 0 aliphatic heterocycles. The van der Waals surface area contributed by atoms with Gasteiger partial charge in [-0.05, 0) is 73.9 Å². The Kier molecular flexibility index (Phi) is 5.90. The number of nitrogens with zero attached hydrogens (tertiary/aromatic N) is 1. The fourth-order valence-corrected chi connectivity index (χ4v) is 4.95. The van der Waals surface area contributed by atoms with E-state index >= 15 is 0 Å². The van der Waals surface area contributed by atoms with E-state index in [0.29, 0.717) is 0 Å². The first-order valence-corrected chi connectivity index (χ1v) is 13.1. The Morgan fingerprint density at radius 2 is 1.32 bits per heavy atom. The lowest BCUT2D eigenvalue weighted by atomic mass is 9.82. The van der Waals surface area contributed by atoms with E-state index in [2.05, 4.69) is 108 Å². The van der Waals surface area contributed by atoms with Gasteiger partial charge in [0, 0.05) is 16.5 Å². The minimum Gasteiger partial charge on any atom is -0.427 e. The summed E-state index contributed by atoms with van der Waals surface area (Å²) in [7, 11) is 1.76. The number of fused-ring (bicyclic) bond motifs is 5. The van der Waals surface area contributed by atoms with Crippen molar-refractivity contribution in [2.45, 2.75) is 38.9 Å². The van der Waals surface area contributed by atoms with Crippen LogP contribution in [-0.2, 0) is 4.65 Å². The maximum Gasteiger partial charge on any atom is 0.330 e. The van der Waals surface area contributed by atoms with Gasteiger partial charge in [-0.15, -0.1) is 0 Å². The zero-order chi connectivity index (χ0) is 26.5. The van der Waals surface area contributed by atoms with Crippen LogP contribution in [-0.4, -0.2) is 28.4 Å². The van der Waals surface area contributed by atoms with Crippen molar-refractivity contribution in [3.63, 3.8) is 0 Å². The molecule has 0 amide bonds. The average molecular weight is 496 g/mol. The van der Waals surface area contributed by atoms with Crippen LogP contribution in [0.1, 0.15) is 27.7 Å². The first kappa shape index (κ1) is 24.5. The summed E-state index contributed by atoms with van der Waals surface area (Å²) in [5.74, 6) is 0. The summed E-state index contributed by atoms with van der Waals surface area (Å²) >= 11 is 0. The average Bonchev–Trinajstić information content (AvgIpc) is 3.26. The fourth-order valence-electron chi connectivity index (χ4n) is 4.95. The third kappa shape index (κ3) is 4.20. The van der Waals surface area contributed by atoms with Gasteiger partial charge in [0.05, 0.1) is 22.2 Å². The molecule has 1 heterocycles. The molecule has 0 bridgehead atoms. The topological polar surface area (TPSA) is 34.4 Å². The summed E-state index contributed by atoms with van der Waals surface area (Å²) in [6, 6.07) is 38.7.